The van der Waals surface area contributed by atoms with Crippen LogP contribution in [0.5, 0.6) is 0 Å². The highest BCUT2D eigenvalue weighted by Crippen LogP contribution is 1.95. The first-order chi connectivity index (χ1) is 5.66. The predicted molar refractivity (Wildman–Crippen MR) is 41.3 cm³/mol. The molecule has 0 aliphatic rings. The summed E-state index contributed by atoms with van der Waals surface area (Å²) in [6, 6.07) is -0.132. The maximum Gasteiger partial charge on any atom is 0.261 e. The molecule has 2 N–H and O–H groups in total. The van der Waals surface area contributed by atoms with Crippen molar-refractivity contribution in [2.45, 2.75) is 18.9 Å². The van der Waals surface area contributed by atoms with Gasteiger partial charge in [0.25, 0.3) is 6.43 Å². The van der Waals surface area contributed by atoms with E-state index in [1.54, 1.807) is 7.11 Å². The van der Waals surface area contributed by atoms with Gasteiger partial charge in [0.15, 0.2) is 0 Å². The fraction of sp³-hybridized carbons (Fsp3) is 1.00. The zero-order valence-electron chi connectivity index (χ0n) is 7.13. The van der Waals surface area contributed by atoms with Gasteiger partial charge in [-0.15, -0.1) is 0 Å². The molecule has 74 valence electrons. The minimum Gasteiger partial charge on any atom is -0.383 e. The Morgan fingerprint density at radius 2 is 2.00 bits per heavy atom. The minimum absolute atomic E-state index is 0.132. The van der Waals surface area contributed by atoms with Crippen molar-refractivity contribution >= 4 is 0 Å². The molecule has 0 saturated heterocycles. The van der Waals surface area contributed by atoms with Gasteiger partial charge in [0.1, 0.15) is 6.61 Å². The summed E-state index contributed by atoms with van der Waals surface area (Å²) in [7, 11) is 1.54. The molecule has 0 saturated carbocycles. The second kappa shape index (κ2) is 7.39. The lowest BCUT2D eigenvalue weighted by molar-refractivity contribution is 0.0132. The molecule has 0 aromatic rings. The van der Waals surface area contributed by atoms with Crippen LogP contribution < -0.4 is 5.73 Å². The van der Waals surface area contributed by atoms with Crippen LogP contribution in [0.4, 0.5) is 8.78 Å². The maximum absolute atomic E-state index is 11.5. The highest BCUT2D eigenvalue weighted by molar-refractivity contribution is 4.58. The van der Waals surface area contributed by atoms with Crippen LogP contribution in [0.3, 0.4) is 0 Å². The number of ether oxygens (including phenoxy) is 2. The van der Waals surface area contributed by atoms with Crippen molar-refractivity contribution in [3.63, 3.8) is 0 Å². The topological polar surface area (TPSA) is 44.5 Å². The zero-order chi connectivity index (χ0) is 9.40. The van der Waals surface area contributed by atoms with Gasteiger partial charge < -0.3 is 15.2 Å². The summed E-state index contributed by atoms with van der Waals surface area (Å²) in [5.74, 6) is 0. The summed E-state index contributed by atoms with van der Waals surface area (Å²) in [4.78, 5) is 0. The van der Waals surface area contributed by atoms with Crippen molar-refractivity contribution in [1.82, 2.24) is 0 Å². The number of rotatable bonds is 7. The number of halogens is 2. The van der Waals surface area contributed by atoms with Gasteiger partial charge in [0, 0.05) is 19.8 Å². The summed E-state index contributed by atoms with van der Waals surface area (Å²) < 4.78 is 32.4. The summed E-state index contributed by atoms with van der Waals surface area (Å²) in [6.45, 7) is 0.173. The maximum atomic E-state index is 11.5. The van der Waals surface area contributed by atoms with Gasteiger partial charge in [0.05, 0.1) is 6.61 Å². The molecule has 0 amide bonds. The third kappa shape index (κ3) is 7.84. The molecule has 0 rings (SSSR count). The standard InChI is InChI=1S/C7H15F2NO2/c1-11-4-6(10)2-3-12-5-7(8)9/h6-7H,2-5,10H2,1H3. The second-order valence-corrected chi connectivity index (χ2v) is 2.47. The Bertz CT molecular complexity index is 103. The lowest BCUT2D eigenvalue weighted by Crippen LogP contribution is -2.27. The van der Waals surface area contributed by atoms with E-state index in [2.05, 4.69) is 4.74 Å². The van der Waals surface area contributed by atoms with Gasteiger partial charge in [-0.25, -0.2) is 8.78 Å². The van der Waals surface area contributed by atoms with Gasteiger partial charge in [0.2, 0.25) is 0 Å². The van der Waals surface area contributed by atoms with Gasteiger partial charge in [-0.2, -0.15) is 0 Å². The molecule has 5 heteroatoms. The zero-order valence-corrected chi connectivity index (χ0v) is 7.13. The van der Waals surface area contributed by atoms with E-state index in [1.165, 1.54) is 0 Å². The average molecular weight is 183 g/mol. The van der Waals surface area contributed by atoms with Gasteiger partial charge in [-0.05, 0) is 6.42 Å². The summed E-state index contributed by atoms with van der Waals surface area (Å²) in [5.41, 5.74) is 5.51. The highest BCUT2D eigenvalue weighted by atomic mass is 19.3. The first-order valence-corrected chi connectivity index (χ1v) is 3.77. The number of hydrogen-bond acceptors (Lipinski definition) is 3. The SMILES string of the molecule is COCC(N)CCOCC(F)F. The fourth-order valence-electron chi connectivity index (χ4n) is 0.705. The van der Waals surface area contributed by atoms with Crippen molar-refractivity contribution in [2.75, 3.05) is 26.9 Å². The molecular weight excluding hydrogens is 168 g/mol. The largest absolute Gasteiger partial charge is 0.383 e. The molecule has 0 aromatic heterocycles. The van der Waals surface area contributed by atoms with E-state index in [9.17, 15) is 8.78 Å². The highest BCUT2D eigenvalue weighted by Gasteiger charge is 2.04. The monoisotopic (exact) mass is 183 g/mol. The molecule has 1 atom stereocenters. The lowest BCUT2D eigenvalue weighted by atomic mass is 10.2. The molecule has 0 aromatic carbocycles. The van der Waals surface area contributed by atoms with Crippen LogP contribution in [0.15, 0.2) is 0 Å². The molecule has 0 heterocycles. The quantitative estimate of drug-likeness (QED) is 0.589. The van der Waals surface area contributed by atoms with Crippen molar-refractivity contribution in [2.24, 2.45) is 5.73 Å². The van der Waals surface area contributed by atoms with Crippen LogP contribution in [0.1, 0.15) is 6.42 Å². The lowest BCUT2D eigenvalue weighted by Gasteiger charge is -2.09. The molecule has 0 aliphatic heterocycles. The van der Waals surface area contributed by atoms with Crippen molar-refractivity contribution < 1.29 is 18.3 Å². The van der Waals surface area contributed by atoms with Crippen molar-refractivity contribution in [3.8, 4) is 0 Å². The predicted octanol–water partition coefficient (Wildman–Crippen LogP) is 0.632. The molecule has 0 bridgehead atoms. The second-order valence-electron chi connectivity index (χ2n) is 2.47. The smallest absolute Gasteiger partial charge is 0.261 e. The van der Waals surface area contributed by atoms with E-state index < -0.39 is 13.0 Å². The Labute approximate surface area is 70.8 Å². The van der Waals surface area contributed by atoms with E-state index in [-0.39, 0.29) is 12.6 Å². The fourth-order valence-corrected chi connectivity index (χ4v) is 0.705. The molecular formula is C7H15F2NO2. The van der Waals surface area contributed by atoms with Crippen molar-refractivity contribution in [1.29, 1.82) is 0 Å². The molecule has 3 nitrogen and oxygen atoms in total. The van der Waals surface area contributed by atoms with Crippen molar-refractivity contribution in [3.05, 3.63) is 0 Å². The molecule has 0 spiro atoms. The van der Waals surface area contributed by atoms with Crippen LogP contribution in [-0.2, 0) is 9.47 Å². The molecule has 0 radical (unpaired) electrons. The summed E-state index contributed by atoms with van der Waals surface area (Å²) in [6.07, 6.45) is -1.86. The van der Waals surface area contributed by atoms with E-state index in [1.807, 2.05) is 0 Å². The normalized spacial score (nSPS) is 13.8. The summed E-state index contributed by atoms with van der Waals surface area (Å²) in [5, 5.41) is 0. The molecule has 12 heavy (non-hydrogen) atoms. The summed E-state index contributed by atoms with van der Waals surface area (Å²) >= 11 is 0. The third-order valence-electron chi connectivity index (χ3n) is 1.26. The van der Waals surface area contributed by atoms with Crippen LogP contribution >= 0.6 is 0 Å². The minimum atomic E-state index is -2.40. The first-order valence-electron chi connectivity index (χ1n) is 3.77. The number of methoxy groups -OCH3 is 1. The van der Waals surface area contributed by atoms with Gasteiger partial charge in [-0.3, -0.25) is 0 Å². The number of nitrogens with two attached hydrogens (primary N) is 1. The number of alkyl halides is 2. The Balaban J connectivity index is 3.08. The van der Waals surface area contributed by atoms with Crippen LogP contribution in [-0.4, -0.2) is 39.4 Å². The Morgan fingerprint density at radius 1 is 1.33 bits per heavy atom. The van der Waals surface area contributed by atoms with E-state index in [4.69, 9.17) is 10.5 Å². The Morgan fingerprint density at radius 3 is 2.50 bits per heavy atom. The third-order valence-corrected chi connectivity index (χ3v) is 1.26. The Kier molecular flexibility index (Phi) is 7.23. The van der Waals surface area contributed by atoms with E-state index in [0.717, 1.165) is 0 Å². The number of hydrogen-bond donors (Lipinski definition) is 1. The van der Waals surface area contributed by atoms with Crippen LogP contribution in [0, 0.1) is 0 Å². The average Bonchev–Trinajstić information content (AvgIpc) is 1.98. The van der Waals surface area contributed by atoms with Crippen LogP contribution in [0.25, 0.3) is 0 Å². The van der Waals surface area contributed by atoms with Gasteiger partial charge >= 0.3 is 0 Å². The first kappa shape index (κ1) is 11.7. The molecule has 0 fully saturated rings. The van der Waals surface area contributed by atoms with Gasteiger partial charge in [-0.1, -0.05) is 0 Å². The molecule has 0 aliphatic carbocycles. The molecule has 1 unspecified atom stereocenters. The van der Waals surface area contributed by atoms with Crippen LogP contribution in [0.2, 0.25) is 0 Å². The van der Waals surface area contributed by atoms with E-state index >= 15 is 0 Å². The van der Waals surface area contributed by atoms with E-state index in [0.29, 0.717) is 13.0 Å². The Hall–Kier alpha value is -0.260.